The van der Waals surface area contributed by atoms with Crippen molar-refractivity contribution in [2.24, 2.45) is 0 Å². The molecule has 0 aromatic carbocycles. The van der Waals surface area contributed by atoms with Gasteiger partial charge < -0.3 is 4.74 Å². The quantitative estimate of drug-likeness (QED) is 0.470. The van der Waals surface area contributed by atoms with Crippen molar-refractivity contribution in [2.45, 2.75) is 25.7 Å². The van der Waals surface area contributed by atoms with Crippen LogP contribution >= 0.6 is 27.5 Å². The lowest BCUT2D eigenvalue weighted by atomic mass is 10.3. The molecule has 0 saturated heterocycles. The molecule has 0 atom stereocenters. The van der Waals surface area contributed by atoms with E-state index in [9.17, 15) is 0 Å². The molecular formula is C8H16BrClO. The molecule has 0 unspecified atom stereocenters. The van der Waals surface area contributed by atoms with E-state index in [2.05, 4.69) is 15.9 Å². The minimum atomic E-state index is 0.755. The van der Waals surface area contributed by atoms with Crippen LogP contribution in [0.25, 0.3) is 0 Å². The molecule has 0 spiro atoms. The largest absolute Gasteiger partial charge is 0.381 e. The van der Waals surface area contributed by atoms with Gasteiger partial charge in [0.2, 0.25) is 0 Å². The molecule has 68 valence electrons. The lowest BCUT2D eigenvalue weighted by Gasteiger charge is -2.01. The second kappa shape index (κ2) is 10.7. The standard InChI is InChI=1S/C8H16BrClO/c9-5-1-3-7-11-8-4-2-6-10/h1-8H2. The maximum Gasteiger partial charge on any atom is 0.0466 e. The summed E-state index contributed by atoms with van der Waals surface area (Å²) in [5.41, 5.74) is 0. The topological polar surface area (TPSA) is 9.23 Å². The molecule has 0 aliphatic rings. The minimum Gasteiger partial charge on any atom is -0.381 e. The predicted octanol–water partition coefficient (Wildman–Crippen LogP) is 3.20. The van der Waals surface area contributed by atoms with Crippen molar-refractivity contribution in [3.05, 3.63) is 0 Å². The Bertz CT molecular complexity index is 63.1. The second-order valence-electron chi connectivity index (χ2n) is 2.40. The molecule has 11 heavy (non-hydrogen) atoms. The number of hydrogen-bond donors (Lipinski definition) is 0. The maximum atomic E-state index is 5.50. The van der Waals surface area contributed by atoms with Crippen molar-refractivity contribution in [1.29, 1.82) is 0 Å². The molecule has 0 saturated carbocycles. The number of ether oxygens (including phenoxy) is 1. The summed E-state index contributed by atoms with van der Waals surface area (Å²) >= 11 is 8.87. The summed E-state index contributed by atoms with van der Waals surface area (Å²) in [5, 5.41) is 1.08. The molecule has 0 aliphatic carbocycles. The molecule has 0 heterocycles. The lowest BCUT2D eigenvalue weighted by molar-refractivity contribution is 0.129. The minimum absolute atomic E-state index is 0.755. The fraction of sp³-hybridized carbons (Fsp3) is 1.00. The normalized spacial score (nSPS) is 10.4. The zero-order valence-corrected chi connectivity index (χ0v) is 9.16. The monoisotopic (exact) mass is 242 g/mol. The molecule has 0 radical (unpaired) electrons. The average molecular weight is 244 g/mol. The highest BCUT2D eigenvalue weighted by Gasteiger charge is 1.88. The Morgan fingerprint density at radius 1 is 1.00 bits per heavy atom. The highest BCUT2D eigenvalue weighted by atomic mass is 79.9. The Hall–Kier alpha value is 0.730. The van der Waals surface area contributed by atoms with Gasteiger partial charge in [-0.15, -0.1) is 11.6 Å². The van der Waals surface area contributed by atoms with E-state index in [1.165, 1.54) is 6.42 Å². The van der Waals surface area contributed by atoms with E-state index in [1.807, 2.05) is 0 Å². The smallest absolute Gasteiger partial charge is 0.0466 e. The average Bonchev–Trinajstić information content (AvgIpc) is 2.03. The van der Waals surface area contributed by atoms with E-state index in [0.717, 1.165) is 43.7 Å². The Morgan fingerprint density at radius 2 is 1.64 bits per heavy atom. The first-order valence-corrected chi connectivity index (χ1v) is 5.77. The van der Waals surface area contributed by atoms with Gasteiger partial charge in [-0.2, -0.15) is 0 Å². The molecule has 0 rings (SSSR count). The fourth-order valence-electron chi connectivity index (χ4n) is 0.699. The van der Waals surface area contributed by atoms with Crippen LogP contribution in [0.5, 0.6) is 0 Å². The number of unbranched alkanes of at least 4 members (excludes halogenated alkanes) is 2. The van der Waals surface area contributed by atoms with Crippen molar-refractivity contribution in [2.75, 3.05) is 24.4 Å². The van der Waals surface area contributed by atoms with Crippen LogP contribution in [0.3, 0.4) is 0 Å². The Morgan fingerprint density at radius 3 is 2.18 bits per heavy atom. The molecule has 0 aromatic rings. The Kier molecular flexibility index (Phi) is 11.4. The van der Waals surface area contributed by atoms with Gasteiger partial charge in [0.05, 0.1) is 0 Å². The van der Waals surface area contributed by atoms with Crippen molar-refractivity contribution in [1.82, 2.24) is 0 Å². The summed E-state index contributed by atoms with van der Waals surface area (Å²) in [4.78, 5) is 0. The third kappa shape index (κ3) is 10.7. The molecule has 0 aliphatic heterocycles. The molecule has 0 N–H and O–H groups in total. The first-order chi connectivity index (χ1) is 5.41. The van der Waals surface area contributed by atoms with E-state index in [-0.39, 0.29) is 0 Å². The zero-order valence-electron chi connectivity index (χ0n) is 6.82. The summed E-state index contributed by atoms with van der Waals surface area (Å²) in [6.45, 7) is 1.77. The first kappa shape index (κ1) is 11.7. The van der Waals surface area contributed by atoms with Crippen LogP contribution < -0.4 is 0 Å². The molecule has 0 bridgehead atoms. The van der Waals surface area contributed by atoms with Crippen LogP contribution in [-0.2, 0) is 4.74 Å². The Labute approximate surface area is 82.6 Å². The zero-order chi connectivity index (χ0) is 8.36. The van der Waals surface area contributed by atoms with E-state index < -0.39 is 0 Å². The van der Waals surface area contributed by atoms with Crippen molar-refractivity contribution >= 4 is 27.5 Å². The van der Waals surface area contributed by atoms with Crippen molar-refractivity contribution in [3.8, 4) is 0 Å². The van der Waals surface area contributed by atoms with Gasteiger partial charge in [-0.05, 0) is 25.7 Å². The third-order valence-corrected chi connectivity index (χ3v) is 2.17. The van der Waals surface area contributed by atoms with Gasteiger partial charge in [-0.25, -0.2) is 0 Å². The first-order valence-electron chi connectivity index (χ1n) is 4.11. The van der Waals surface area contributed by atoms with Gasteiger partial charge in [0.25, 0.3) is 0 Å². The summed E-state index contributed by atoms with van der Waals surface area (Å²) in [6, 6.07) is 0. The van der Waals surface area contributed by atoms with Crippen LogP contribution in [0.1, 0.15) is 25.7 Å². The van der Waals surface area contributed by atoms with Gasteiger partial charge in [0.1, 0.15) is 0 Å². The fourth-order valence-corrected chi connectivity index (χ4v) is 1.28. The lowest BCUT2D eigenvalue weighted by Crippen LogP contribution is -1.97. The van der Waals surface area contributed by atoms with E-state index in [4.69, 9.17) is 16.3 Å². The van der Waals surface area contributed by atoms with Gasteiger partial charge in [-0.3, -0.25) is 0 Å². The second-order valence-corrected chi connectivity index (χ2v) is 3.58. The molecule has 0 aromatic heterocycles. The molecule has 3 heteroatoms. The van der Waals surface area contributed by atoms with Gasteiger partial charge >= 0.3 is 0 Å². The van der Waals surface area contributed by atoms with Gasteiger partial charge in [0, 0.05) is 24.4 Å². The summed E-state index contributed by atoms with van der Waals surface area (Å²) < 4.78 is 5.36. The SMILES string of the molecule is ClCCCCOCCCCBr. The van der Waals surface area contributed by atoms with Crippen molar-refractivity contribution < 1.29 is 4.74 Å². The van der Waals surface area contributed by atoms with Gasteiger partial charge in [0.15, 0.2) is 0 Å². The highest BCUT2D eigenvalue weighted by Crippen LogP contribution is 1.96. The molecule has 1 nitrogen and oxygen atoms in total. The highest BCUT2D eigenvalue weighted by molar-refractivity contribution is 9.09. The predicted molar refractivity (Wildman–Crippen MR) is 53.8 cm³/mol. The van der Waals surface area contributed by atoms with Crippen LogP contribution in [0.15, 0.2) is 0 Å². The number of hydrogen-bond acceptors (Lipinski definition) is 1. The van der Waals surface area contributed by atoms with Crippen molar-refractivity contribution in [3.63, 3.8) is 0 Å². The van der Waals surface area contributed by atoms with Crippen LogP contribution in [-0.4, -0.2) is 24.4 Å². The van der Waals surface area contributed by atoms with Crippen LogP contribution in [0, 0.1) is 0 Å². The molecular weight excluding hydrogens is 227 g/mol. The molecule has 0 fully saturated rings. The summed E-state index contributed by atoms with van der Waals surface area (Å²) in [5.74, 6) is 0.755. The summed E-state index contributed by atoms with van der Waals surface area (Å²) in [6.07, 6.45) is 4.53. The van der Waals surface area contributed by atoms with Gasteiger partial charge in [-0.1, -0.05) is 15.9 Å². The molecule has 0 amide bonds. The number of alkyl halides is 2. The third-order valence-electron chi connectivity index (χ3n) is 1.34. The number of rotatable bonds is 8. The summed E-state index contributed by atoms with van der Waals surface area (Å²) in [7, 11) is 0. The van der Waals surface area contributed by atoms with E-state index in [1.54, 1.807) is 0 Å². The van der Waals surface area contributed by atoms with Crippen LogP contribution in [0.4, 0.5) is 0 Å². The maximum absolute atomic E-state index is 5.50. The van der Waals surface area contributed by atoms with E-state index in [0.29, 0.717) is 0 Å². The van der Waals surface area contributed by atoms with E-state index >= 15 is 0 Å². The number of halogens is 2. The van der Waals surface area contributed by atoms with Crippen LogP contribution in [0.2, 0.25) is 0 Å². The Balaban J connectivity index is 2.69.